The molecule has 17 heavy (non-hydrogen) atoms. The Bertz CT molecular complexity index is 490. The maximum Gasteiger partial charge on any atom is 0.136 e. The molecule has 2 nitrogen and oxygen atoms in total. The number of benzene rings is 1. The molecule has 0 bridgehead atoms. The highest BCUT2D eigenvalue weighted by Gasteiger charge is 2.12. The number of aromatic nitrogens is 2. The maximum atomic E-state index is 4.11. The van der Waals surface area contributed by atoms with E-state index in [1.807, 2.05) is 6.08 Å². The Morgan fingerprint density at radius 2 is 1.76 bits per heavy atom. The predicted octanol–water partition coefficient (Wildman–Crippen LogP) is 4.01. The van der Waals surface area contributed by atoms with Gasteiger partial charge in [-0.3, -0.25) is 0 Å². The summed E-state index contributed by atoms with van der Waals surface area (Å²) in [7, 11) is 0. The summed E-state index contributed by atoms with van der Waals surface area (Å²) in [4.78, 5) is 4.11. The number of nitrogens with zero attached hydrogens (tertiary/aromatic N) is 2. The lowest BCUT2D eigenvalue weighted by molar-refractivity contribution is 0.590. The van der Waals surface area contributed by atoms with E-state index in [0.29, 0.717) is 0 Å². The van der Waals surface area contributed by atoms with E-state index in [-0.39, 0.29) is 5.41 Å². The zero-order chi connectivity index (χ0) is 12.3. The Kier molecular flexibility index (Phi) is 3.38. The average molecular weight is 244 g/mol. The van der Waals surface area contributed by atoms with Gasteiger partial charge < -0.3 is 0 Å². The van der Waals surface area contributed by atoms with Gasteiger partial charge in [-0.1, -0.05) is 51.1 Å². The minimum absolute atomic E-state index is 0.210. The second kappa shape index (κ2) is 4.80. The Hall–Kier alpha value is -1.48. The van der Waals surface area contributed by atoms with E-state index in [4.69, 9.17) is 0 Å². The summed E-state index contributed by atoms with van der Waals surface area (Å²) in [5.74, 6) is 0. The summed E-state index contributed by atoms with van der Waals surface area (Å²) in [6.45, 7) is 6.66. The zero-order valence-electron chi connectivity index (χ0n) is 10.3. The largest absolute Gasteiger partial charge is 0.223 e. The molecule has 1 heterocycles. The molecule has 0 amide bonds. The first-order valence-electron chi connectivity index (χ1n) is 5.61. The van der Waals surface area contributed by atoms with E-state index in [9.17, 15) is 0 Å². The van der Waals surface area contributed by atoms with E-state index in [0.717, 1.165) is 5.01 Å². The van der Waals surface area contributed by atoms with Crippen LogP contribution in [-0.2, 0) is 5.41 Å². The summed E-state index contributed by atoms with van der Waals surface area (Å²) in [5, 5.41) is 0.935. The number of hydrogen-bond acceptors (Lipinski definition) is 3. The molecule has 0 N–H and O–H groups in total. The molecule has 0 aliphatic heterocycles. The molecule has 0 atom stereocenters. The van der Waals surface area contributed by atoms with E-state index in [2.05, 4.69) is 60.5 Å². The molecular formula is C14H16N2S. The third-order valence-corrected chi connectivity index (χ3v) is 3.20. The third-order valence-electron chi connectivity index (χ3n) is 2.57. The Labute approximate surface area is 106 Å². The summed E-state index contributed by atoms with van der Waals surface area (Å²) in [6.07, 6.45) is 5.63. The van der Waals surface area contributed by atoms with Crippen molar-refractivity contribution in [2.75, 3.05) is 0 Å². The van der Waals surface area contributed by atoms with Crippen molar-refractivity contribution < 1.29 is 0 Å². The van der Waals surface area contributed by atoms with Crippen LogP contribution in [0.1, 0.15) is 36.9 Å². The fourth-order valence-corrected chi connectivity index (χ4v) is 1.94. The van der Waals surface area contributed by atoms with Crippen LogP contribution in [0, 0.1) is 0 Å². The van der Waals surface area contributed by atoms with Gasteiger partial charge in [-0.25, -0.2) is 4.98 Å². The first-order chi connectivity index (χ1) is 8.05. The monoisotopic (exact) mass is 244 g/mol. The predicted molar refractivity (Wildman–Crippen MR) is 74.0 cm³/mol. The van der Waals surface area contributed by atoms with Crippen LogP contribution in [0.15, 0.2) is 30.6 Å². The molecule has 0 aliphatic carbocycles. The summed E-state index contributed by atoms with van der Waals surface area (Å²) < 4.78 is 3.96. The van der Waals surface area contributed by atoms with Crippen molar-refractivity contribution in [1.82, 2.24) is 9.36 Å². The van der Waals surface area contributed by atoms with Gasteiger partial charge in [0.1, 0.15) is 11.3 Å². The fraction of sp³-hybridized carbons (Fsp3) is 0.286. The van der Waals surface area contributed by atoms with Crippen molar-refractivity contribution in [1.29, 1.82) is 0 Å². The van der Waals surface area contributed by atoms with E-state index < -0.39 is 0 Å². The van der Waals surface area contributed by atoms with Crippen LogP contribution < -0.4 is 0 Å². The molecule has 0 saturated heterocycles. The number of rotatable bonds is 2. The molecule has 0 radical (unpaired) electrons. The van der Waals surface area contributed by atoms with E-state index >= 15 is 0 Å². The number of hydrogen-bond donors (Lipinski definition) is 0. The van der Waals surface area contributed by atoms with Crippen LogP contribution >= 0.6 is 11.5 Å². The summed E-state index contributed by atoms with van der Waals surface area (Å²) in [5.41, 5.74) is 2.75. The molecule has 1 aromatic carbocycles. The SMILES string of the molecule is CC(C)(C)c1ccc(/C=C/c2ncns2)cc1. The van der Waals surface area contributed by atoms with Crippen LogP contribution in [-0.4, -0.2) is 9.36 Å². The molecule has 0 aliphatic rings. The normalized spacial score (nSPS) is 12.2. The van der Waals surface area contributed by atoms with Crippen molar-refractivity contribution >= 4 is 23.7 Å². The molecule has 3 heteroatoms. The van der Waals surface area contributed by atoms with Gasteiger partial charge in [0.25, 0.3) is 0 Å². The highest BCUT2D eigenvalue weighted by Crippen LogP contribution is 2.22. The van der Waals surface area contributed by atoms with Gasteiger partial charge >= 0.3 is 0 Å². The van der Waals surface area contributed by atoms with Crippen LogP contribution in [0.5, 0.6) is 0 Å². The lowest BCUT2D eigenvalue weighted by Crippen LogP contribution is -2.10. The van der Waals surface area contributed by atoms with E-state index in [1.165, 1.54) is 22.7 Å². The van der Waals surface area contributed by atoms with Crippen LogP contribution in [0.3, 0.4) is 0 Å². The van der Waals surface area contributed by atoms with Crippen molar-refractivity contribution in [3.8, 4) is 0 Å². The molecule has 0 saturated carbocycles. The van der Waals surface area contributed by atoms with Crippen molar-refractivity contribution in [3.63, 3.8) is 0 Å². The first kappa shape index (κ1) is 12.0. The molecule has 1 aromatic heterocycles. The van der Waals surface area contributed by atoms with Crippen LogP contribution in [0.2, 0.25) is 0 Å². The molecular weight excluding hydrogens is 228 g/mol. The van der Waals surface area contributed by atoms with Crippen LogP contribution in [0.25, 0.3) is 12.2 Å². The quantitative estimate of drug-likeness (QED) is 0.797. The minimum atomic E-state index is 0.210. The average Bonchev–Trinajstić information content (AvgIpc) is 2.78. The Morgan fingerprint density at radius 1 is 1.06 bits per heavy atom. The lowest BCUT2D eigenvalue weighted by Gasteiger charge is -2.18. The third kappa shape index (κ3) is 3.24. The van der Waals surface area contributed by atoms with Crippen molar-refractivity contribution in [3.05, 3.63) is 46.7 Å². The summed E-state index contributed by atoms with van der Waals surface area (Å²) in [6, 6.07) is 8.63. The standard InChI is InChI=1S/C14H16N2S/c1-14(2,3)12-7-4-11(5-8-12)6-9-13-15-10-16-17-13/h4-10H,1-3H3/b9-6+. The zero-order valence-corrected chi connectivity index (χ0v) is 11.2. The molecule has 0 spiro atoms. The van der Waals surface area contributed by atoms with Crippen molar-refractivity contribution in [2.45, 2.75) is 26.2 Å². The van der Waals surface area contributed by atoms with Gasteiger partial charge in [0.2, 0.25) is 0 Å². The molecule has 0 unspecified atom stereocenters. The smallest absolute Gasteiger partial charge is 0.136 e. The lowest BCUT2D eigenvalue weighted by atomic mass is 9.87. The van der Waals surface area contributed by atoms with Crippen molar-refractivity contribution in [2.24, 2.45) is 0 Å². The Balaban J connectivity index is 2.14. The highest BCUT2D eigenvalue weighted by molar-refractivity contribution is 7.06. The minimum Gasteiger partial charge on any atom is -0.223 e. The van der Waals surface area contributed by atoms with Gasteiger partial charge in [0.05, 0.1) is 0 Å². The maximum absolute atomic E-state index is 4.11. The Morgan fingerprint density at radius 3 is 2.29 bits per heavy atom. The van der Waals surface area contributed by atoms with Gasteiger partial charge in [0, 0.05) is 0 Å². The second-order valence-corrected chi connectivity index (χ2v) is 5.80. The first-order valence-corrected chi connectivity index (χ1v) is 6.38. The molecule has 88 valence electrons. The van der Waals surface area contributed by atoms with Gasteiger partial charge in [-0.05, 0) is 34.2 Å². The van der Waals surface area contributed by atoms with Gasteiger partial charge in [0.15, 0.2) is 0 Å². The van der Waals surface area contributed by atoms with Gasteiger partial charge in [-0.15, -0.1) is 0 Å². The van der Waals surface area contributed by atoms with E-state index in [1.54, 1.807) is 6.33 Å². The second-order valence-electron chi connectivity index (χ2n) is 4.98. The molecule has 2 aromatic rings. The van der Waals surface area contributed by atoms with Gasteiger partial charge in [-0.2, -0.15) is 4.37 Å². The summed E-state index contributed by atoms with van der Waals surface area (Å²) >= 11 is 1.40. The molecule has 0 fully saturated rings. The highest BCUT2D eigenvalue weighted by atomic mass is 32.1. The fourth-order valence-electron chi connectivity index (χ4n) is 1.52. The topological polar surface area (TPSA) is 25.8 Å². The molecule has 2 rings (SSSR count). The van der Waals surface area contributed by atoms with Crippen LogP contribution in [0.4, 0.5) is 0 Å².